The Kier molecular flexibility index (Phi) is 4.97. The molecule has 1 rings (SSSR count). The normalized spacial score (nSPS) is 10.1. The van der Waals surface area contributed by atoms with Crippen LogP contribution >= 0.6 is 0 Å². The monoisotopic (exact) mass is 236 g/mol. The van der Waals surface area contributed by atoms with E-state index in [2.05, 4.69) is 5.32 Å². The Bertz CT molecular complexity index is 403. The number of rotatable bonds is 5. The largest absolute Gasteiger partial charge is 0.494 e. The predicted molar refractivity (Wildman–Crippen MR) is 68.0 cm³/mol. The van der Waals surface area contributed by atoms with Crippen LogP contribution in [-0.2, 0) is 11.3 Å². The van der Waals surface area contributed by atoms with E-state index < -0.39 is 0 Å². The van der Waals surface area contributed by atoms with Gasteiger partial charge in [0.1, 0.15) is 5.75 Å². The molecule has 3 N–H and O–H groups in total. The summed E-state index contributed by atoms with van der Waals surface area (Å²) in [4.78, 5) is 11.1. The summed E-state index contributed by atoms with van der Waals surface area (Å²) in [6.45, 7) is 7.16. The predicted octanol–water partition coefficient (Wildman–Crippen LogP) is 1.28. The minimum Gasteiger partial charge on any atom is -0.494 e. The molecule has 94 valence electrons. The van der Waals surface area contributed by atoms with Crippen molar-refractivity contribution in [1.29, 1.82) is 0 Å². The number of amides is 1. The summed E-state index contributed by atoms with van der Waals surface area (Å²) in [7, 11) is 0. The number of nitrogens with one attached hydrogen (secondary N) is 1. The molecule has 0 saturated carbocycles. The molecule has 0 atom stereocenters. The summed E-state index contributed by atoms with van der Waals surface area (Å²) in [6, 6.07) is 4.04. The third kappa shape index (κ3) is 3.75. The highest BCUT2D eigenvalue weighted by Crippen LogP contribution is 2.22. The lowest BCUT2D eigenvalue weighted by Crippen LogP contribution is -2.29. The minimum absolute atomic E-state index is 0.0229. The van der Waals surface area contributed by atoms with Crippen LogP contribution in [-0.4, -0.2) is 19.1 Å². The molecular weight excluding hydrogens is 216 g/mol. The average molecular weight is 236 g/mol. The molecule has 1 aromatic carbocycles. The Labute approximate surface area is 102 Å². The number of benzene rings is 1. The van der Waals surface area contributed by atoms with Gasteiger partial charge in [0, 0.05) is 6.54 Å². The molecule has 0 bridgehead atoms. The van der Waals surface area contributed by atoms with E-state index >= 15 is 0 Å². The Morgan fingerprint density at radius 3 is 2.65 bits per heavy atom. The van der Waals surface area contributed by atoms with Gasteiger partial charge in [0.05, 0.1) is 13.2 Å². The van der Waals surface area contributed by atoms with Crippen molar-refractivity contribution in [2.24, 2.45) is 5.73 Å². The fourth-order valence-corrected chi connectivity index (χ4v) is 1.62. The van der Waals surface area contributed by atoms with Crippen LogP contribution in [0.3, 0.4) is 0 Å². The number of aryl methyl sites for hydroxylation is 2. The van der Waals surface area contributed by atoms with E-state index in [0.29, 0.717) is 13.2 Å². The number of ether oxygens (including phenoxy) is 1. The molecule has 1 amide bonds. The fraction of sp³-hybridized carbons (Fsp3) is 0.462. The summed E-state index contributed by atoms with van der Waals surface area (Å²) >= 11 is 0. The van der Waals surface area contributed by atoms with Crippen LogP contribution in [0, 0.1) is 13.8 Å². The maximum Gasteiger partial charge on any atom is 0.234 e. The zero-order chi connectivity index (χ0) is 12.8. The van der Waals surface area contributed by atoms with Gasteiger partial charge in [-0.1, -0.05) is 6.07 Å². The lowest BCUT2D eigenvalue weighted by molar-refractivity contribution is -0.119. The SMILES string of the molecule is CCOc1cc(C)c(CNC(=O)CN)cc1C. The second-order valence-corrected chi connectivity index (χ2v) is 3.96. The summed E-state index contributed by atoms with van der Waals surface area (Å²) in [5, 5.41) is 2.76. The summed E-state index contributed by atoms with van der Waals surface area (Å²) in [6.07, 6.45) is 0. The molecular formula is C13H20N2O2. The number of hydrogen-bond acceptors (Lipinski definition) is 3. The first kappa shape index (κ1) is 13.5. The summed E-state index contributed by atoms with van der Waals surface area (Å²) in [5.41, 5.74) is 8.51. The molecule has 0 heterocycles. The zero-order valence-corrected chi connectivity index (χ0v) is 10.7. The van der Waals surface area contributed by atoms with Crippen molar-refractivity contribution in [3.05, 3.63) is 28.8 Å². The van der Waals surface area contributed by atoms with Crippen molar-refractivity contribution in [2.45, 2.75) is 27.3 Å². The first-order valence-corrected chi connectivity index (χ1v) is 5.78. The lowest BCUT2D eigenvalue weighted by atomic mass is 10.0. The van der Waals surface area contributed by atoms with Crippen molar-refractivity contribution >= 4 is 5.91 Å². The number of carbonyl (C=O) groups excluding carboxylic acids is 1. The highest BCUT2D eigenvalue weighted by Gasteiger charge is 2.06. The van der Waals surface area contributed by atoms with Crippen molar-refractivity contribution < 1.29 is 9.53 Å². The van der Waals surface area contributed by atoms with Gasteiger partial charge in [-0.25, -0.2) is 0 Å². The number of nitrogens with two attached hydrogens (primary N) is 1. The van der Waals surface area contributed by atoms with Crippen LogP contribution < -0.4 is 15.8 Å². The molecule has 0 fully saturated rings. The summed E-state index contributed by atoms with van der Waals surface area (Å²) < 4.78 is 5.51. The highest BCUT2D eigenvalue weighted by molar-refractivity contribution is 5.77. The molecule has 0 aliphatic carbocycles. The van der Waals surface area contributed by atoms with E-state index in [-0.39, 0.29) is 12.5 Å². The van der Waals surface area contributed by atoms with E-state index in [1.54, 1.807) is 0 Å². The molecule has 0 aliphatic rings. The Morgan fingerprint density at radius 2 is 2.06 bits per heavy atom. The van der Waals surface area contributed by atoms with Crippen molar-refractivity contribution in [1.82, 2.24) is 5.32 Å². The van der Waals surface area contributed by atoms with Crippen LogP contribution in [0.1, 0.15) is 23.6 Å². The van der Waals surface area contributed by atoms with Crippen molar-refractivity contribution in [2.75, 3.05) is 13.2 Å². The number of carbonyl (C=O) groups is 1. The summed E-state index contributed by atoms with van der Waals surface area (Å²) in [5.74, 6) is 0.759. The van der Waals surface area contributed by atoms with Gasteiger partial charge < -0.3 is 15.8 Å². The molecule has 0 aromatic heterocycles. The van der Waals surface area contributed by atoms with Crippen LogP contribution in [0.2, 0.25) is 0 Å². The molecule has 0 spiro atoms. The van der Waals surface area contributed by atoms with Crippen LogP contribution in [0.15, 0.2) is 12.1 Å². The first-order valence-electron chi connectivity index (χ1n) is 5.78. The van der Waals surface area contributed by atoms with Crippen molar-refractivity contribution in [3.63, 3.8) is 0 Å². The average Bonchev–Trinajstić information content (AvgIpc) is 2.31. The molecule has 0 radical (unpaired) electrons. The lowest BCUT2D eigenvalue weighted by Gasteiger charge is -2.13. The highest BCUT2D eigenvalue weighted by atomic mass is 16.5. The van der Waals surface area contributed by atoms with E-state index in [1.807, 2.05) is 32.9 Å². The van der Waals surface area contributed by atoms with E-state index in [9.17, 15) is 4.79 Å². The Morgan fingerprint density at radius 1 is 1.35 bits per heavy atom. The quantitative estimate of drug-likeness (QED) is 0.809. The molecule has 0 aliphatic heterocycles. The second-order valence-electron chi connectivity index (χ2n) is 3.96. The smallest absolute Gasteiger partial charge is 0.234 e. The molecule has 0 unspecified atom stereocenters. The zero-order valence-electron chi connectivity index (χ0n) is 10.7. The maximum atomic E-state index is 11.1. The van der Waals surface area contributed by atoms with Gasteiger partial charge in [0.15, 0.2) is 0 Å². The van der Waals surface area contributed by atoms with Crippen molar-refractivity contribution in [3.8, 4) is 5.75 Å². The third-order valence-electron chi connectivity index (χ3n) is 2.59. The molecule has 1 aromatic rings. The van der Waals surface area contributed by atoms with Gasteiger partial charge in [-0.15, -0.1) is 0 Å². The van der Waals surface area contributed by atoms with Crippen LogP contribution in [0.5, 0.6) is 5.75 Å². The van der Waals surface area contributed by atoms with Gasteiger partial charge in [-0.3, -0.25) is 4.79 Å². The fourth-order valence-electron chi connectivity index (χ4n) is 1.62. The van der Waals surface area contributed by atoms with E-state index in [0.717, 1.165) is 22.4 Å². The molecule has 17 heavy (non-hydrogen) atoms. The van der Waals surface area contributed by atoms with Crippen LogP contribution in [0.4, 0.5) is 0 Å². The van der Waals surface area contributed by atoms with Gasteiger partial charge in [0.2, 0.25) is 5.91 Å². The van der Waals surface area contributed by atoms with Gasteiger partial charge in [-0.2, -0.15) is 0 Å². The van der Waals surface area contributed by atoms with Gasteiger partial charge >= 0.3 is 0 Å². The standard InChI is InChI=1S/C13H20N2O2/c1-4-17-12-6-9(2)11(5-10(12)3)8-15-13(16)7-14/h5-6H,4,7-8,14H2,1-3H3,(H,15,16). The third-order valence-corrected chi connectivity index (χ3v) is 2.59. The van der Waals surface area contributed by atoms with E-state index in [1.165, 1.54) is 0 Å². The minimum atomic E-state index is -0.143. The van der Waals surface area contributed by atoms with Gasteiger partial charge in [0.25, 0.3) is 0 Å². The maximum absolute atomic E-state index is 11.1. The molecule has 4 nitrogen and oxygen atoms in total. The molecule has 4 heteroatoms. The van der Waals surface area contributed by atoms with E-state index in [4.69, 9.17) is 10.5 Å². The Hall–Kier alpha value is -1.55. The first-order chi connectivity index (χ1) is 8.08. The van der Waals surface area contributed by atoms with Crippen LogP contribution in [0.25, 0.3) is 0 Å². The van der Waals surface area contributed by atoms with Gasteiger partial charge in [-0.05, 0) is 43.5 Å². The topological polar surface area (TPSA) is 64.3 Å². The second kappa shape index (κ2) is 6.25. The number of hydrogen-bond donors (Lipinski definition) is 2. The Balaban J connectivity index is 2.80. The molecule has 0 saturated heterocycles.